The maximum absolute atomic E-state index is 12.8. The van der Waals surface area contributed by atoms with Gasteiger partial charge in [-0.05, 0) is 37.3 Å². The molecule has 0 saturated carbocycles. The summed E-state index contributed by atoms with van der Waals surface area (Å²) in [7, 11) is 1.52. The molecule has 8 heteroatoms. The lowest BCUT2D eigenvalue weighted by Gasteiger charge is -2.24. The first-order chi connectivity index (χ1) is 10.7. The van der Waals surface area contributed by atoms with Crippen LogP contribution in [0.25, 0.3) is 0 Å². The number of urea groups is 1. The van der Waals surface area contributed by atoms with Crippen LogP contribution in [0.2, 0.25) is 5.02 Å². The minimum Gasteiger partial charge on any atom is -0.467 e. The van der Waals surface area contributed by atoms with Gasteiger partial charge in [0.2, 0.25) is 0 Å². The number of alkyl halides is 3. The molecular formula is C15H14ClF3N2O2. The summed E-state index contributed by atoms with van der Waals surface area (Å²) in [6.07, 6.45) is -3.11. The molecule has 0 aliphatic rings. The molecule has 23 heavy (non-hydrogen) atoms. The highest BCUT2D eigenvalue weighted by atomic mass is 35.5. The highest BCUT2D eigenvalue weighted by Gasteiger charge is 2.33. The summed E-state index contributed by atoms with van der Waals surface area (Å²) in [5.41, 5.74) is -0.996. The number of nitrogens with one attached hydrogen (secondary N) is 1. The molecule has 2 aromatic rings. The minimum atomic E-state index is -4.59. The van der Waals surface area contributed by atoms with Crippen LogP contribution < -0.4 is 5.32 Å². The van der Waals surface area contributed by atoms with Crippen molar-refractivity contribution in [3.8, 4) is 0 Å². The Kier molecular flexibility index (Phi) is 4.89. The topological polar surface area (TPSA) is 45.5 Å². The Bertz CT molecular complexity index is 687. The van der Waals surface area contributed by atoms with Crippen molar-refractivity contribution < 1.29 is 22.4 Å². The summed E-state index contributed by atoms with van der Waals surface area (Å²) >= 11 is 5.54. The van der Waals surface area contributed by atoms with Crippen molar-refractivity contribution in [2.45, 2.75) is 19.1 Å². The first-order valence-corrected chi connectivity index (χ1v) is 7.02. The molecule has 1 unspecified atom stereocenters. The van der Waals surface area contributed by atoms with E-state index in [0.717, 1.165) is 12.1 Å². The molecule has 0 bridgehead atoms. The van der Waals surface area contributed by atoms with Gasteiger partial charge in [0.05, 0.1) is 22.9 Å². The zero-order chi connectivity index (χ0) is 17.2. The number of carbonyl (C=O) groups excluding carboxylic acids is 1. The van der Waals surface area contributed by atoms with Gasteiger partial charge >= 0.3 is 12.2 Å². The Morgan fingerprint density at radius 3 is 2.61 bits per heavy atom. The summed E-state index contributed by atoms with van der Waals surface area (Å²) in [4.78, 5) is 13.5. The van der Waals surface area contributed by atoms with Crippen molar-refractivity contribution in [3.63, 3.8) is 0 Å². The third-order valence-corrected chi connectivity index (χ3v) is 3.71. The zero-order valence-corrected chi connectivity index (χ0v) is 13.1. The normalized spacial score (nSPS) is 12.8. The van der Waals surface area contributed by atoms with Crippen LogP contribution in [0.4, 0.5) is 23.7 Å². The van der Waals surface area contributed by atoms with Crippen molar-refractivity contribution in [1.82, 2.24) is 4.90 Å². The number of amides is 2. The average molecular weight is 347 g/mol. The number of halogens is 4. The molecule has 1 aromatic heterocycles. The lowest BCUT2D eigenvalue weighted by Crippen LogP contribution is -2.33. The van der Waals surface area contributed by atoms with E-state index in [1.165, 1.54) is 24.3 Å². The maximum atomic E-state index is 12.8. The second kappa shape index (κ2) is 6.54. The quantitative estimate of drug-likeness (QED) is 0.832. The number of anilines is 1. The number of carbonyl (C=O) groups is 1. The van der Waals surface area contributed by atoms with Gasteiger partial charge in [0.25, 0.3) is 0 Å². The first-order valence-electron chi connectivity index (χ1n) is 6.64. The van der Waals surface area contributed by atoms with Gasteiger partial charge in [0, 0.05) is 12.7 Å². The van der Waals surface area contributed by atoms with Crippen molar-refractivity contribution in [2.75, 3.05) is 12.4 Å². The molecule has 0 radical (unpaired) electrons. The first kappa shape index (κ1) is 17.2. The average Bonchev–Trinajstić information content (AvgIpc) is 3.00. The van der Waals surface area contributed by atoms with Gasteiger partial charge in [-0.25, -0.2) is 4.79 Å². The molecule has 2 rings (SSSR count). The number of furan rings is 1. The van der Waals surface area contributed by atoms with Gasteiger partial charge in [0.1, 0.15) is 5.76 Å². The van der Waals surface area contributed by atoms with E-state index in [4.69, 9.17) is 16.0 Å². The van der Waals surface area contributed by atoms with Gasteiger partial charge in [-0.3, -0.25) is 0 Å². The molecule has 0 aliphatic carbocycles. The summed E-state index contributed by atoms with van der Waals surface area (Å²) in [5, 5.41) is 1.99. The van der Waals surface area contributed by atoms with Crippen LogP contribution >= 0.6 is 11.6 Å². The van der Waals surface area contributed by atoms with Crippen molar-refractivity contribution in [3.05, 3.63) is 52.9 Å². The fourth-order valence-electron chi connectivity index (χ4n) is 1.93. The molecule has 0 aliphatic heterocycles. The minimum absolute atomic E-state index is 0.00483. The van der Waals surface area contributed by atoms with E-state index in [-0.39, 0.29) is 11.7 Å². The maximum Gasteiger partial charge on any atom is 0.417 e. The SMILES string of the molecule is CC(c1ccco1)N(C)C(=O)Nc1ccc(Cl)c(C(F)(F)F)c1. The van der Waals surface area contributed by atoms with Crippen LogP contribution in [0.15, 0.2) is 41.0 Å². The number of rotatable bonds is 3. The second-order valence-corrected chi connectivity index (χ2v) is 5.33. The smallest absolute Gasteiger partial charge is 0.417 e. The predicted molar refractivity (Wildman–Crippen MR) is 80.4 cm³/mol. The molecule has 0 fully saturated rings. The fraction of sp³-hybridized carbons (Fsp3) is 0.267. The van der Waals surface area contributed by atoms with Crippen LogP contribution in [0.3, 0.4) is 0 Å². The molecule has 0 saturated heterocycles. The highest BCUT2D eigenvalue weighted by Crippen LogP contribution is 2.36. The molecule has 2 amide bonds. The summed E-state index contributed by atoms with van der Waals surface area (Å²) in [6, 6.07) is 5.65. The Hall–Kier alpha value is -2.15. The molecule has 1 N–H and O–H groups in total. The number of hydrogen-bond donors (Lipinski definition) is 1. The van der Waals surface area contributed by atoms with Crippen molar-refractivity contribution >= 4 is 23.3 Å². The van der Waals surface area contributed by atoms with E-state index in [2.05, 4.69) is 5.32 Å². The van der Waals surface area contributed by atoms with Crippen LogP contribution in [-0.2, 0) is 6.18 Å². The Morgan fingerprint density at radius 1 is 1.35 bits per heavy atom. The standard InChI is InChI=1S/C15H14ClF3N2O2/c1-9(13-4-3-7-23-13)21(2)14(22)20-10-5-6-12(16)11(8-10)15(17,18)19/h3-9H,1-2H3,(H,20,22). The van der Waals surface area contributed by atoms with Crippen LogP contribution in [0.1, 0.15) is 24.3 Å². The van der Waals surface area contributed by atoms with Gasteiger partial charge in [0.15, 0.2) is 0 Å². The monoisotopic (exact) mass is 346 g/mol. The molecule has 124 valence electrons. The van der Waals surface area contributed by atoms with Gasteiger partial charge in [-0.2, -0.15) is 13.2 Å². The van der Waals surface area contributed by atoms with E-state index in [1.807, 2.05) is 0 Å². The summed E-state index contributed by atoms with van der Waals surface area (Å²) < 4.78 is 43.7. The Balaban J connectivity index is 2.14. The number of nitrogens with zero attached hydrogens (tertiary/aromatic N) is 1. The van der Waals surface area contributed by atoms with Gasteiger partial charge < -0.3 is 14.6 Å². The highest BCUT2D eigenvalue weighted by molar-refractivity contribution is 6.31. The summed E-state index contributed by atoms with van der Waals surface area (Å²) in [5.74, 6) is 0.565. The number of benzene rings is 1. The van der Waals surface area contributed by atoms with Crippen LogP contribution in [0.5, 0.6) is 0 Å². The van der Waals surface area contributed by atoms with Crippen LogP contribution in [0, 0.1) is 0 Å². The van der Waals surface area contributed by atoms with Gasteiger partial charge in [-0.1, -0.05) is 11.6 Å². The molecule has 0 spiro atoms. The van der Waals surface area contributed by atoms with Crippen LogP contribution in [-0.4, -0.2) is 18.0 Å². The third-order valence-electron chi connectivity index (χ3n) is 3.38. The summed E-state index contributed by atoms with van der Waals surface area (Å²) in [6.45, 7) is 1.74. The fourth-order valence-corrected chi connectivity index (χ4v) is 2.15. The second-order valence-electron chi connectivity index (χ2n) is 4.92. The van der Waals surface area contributed by atoms with Crippen molar-refractivity contribution in [2.24, 2.45) is 0 Å². The largest absolute Gasteiger partial charge is 0.467 e. The molecular weight excluding hydrogens is 333 g/mol. The Morgan fingerprint density at radius 2 is 2.04 bits per heavy atom. The molecule has 4 nitrogen and oxygen atoms in total. The van der Waals surface area contributed by atoms with Crippen molar-refractivity contribution in [1.29, 1.82) is 0 Å². The lowest BCUT2D eigenvalue weighted by molar-refractivity contribution is -0.137. The predicted octanol–water partition coefficient (Wildman–Crippen LogP) is 5.18. The van der Waals surface area contributed by atoms with Gasteiger partial charge in [-0.15, -0.1) is 0 Å². The van der Waals surface area contributed by atoms with E-state index >= 15 is 0 Å². The third kappa shape index (κ3) is 3.98. The molecule has 1 heterocycles. The van der Waals surface area contributed by atoms with E-state index < -0.39 is 22.8 Å². The van der Waals surface area contributed by atoms with E-state index in [0.29, 0.717) is 5.76 Å². The Labute approximate surface area is 135 Å². The molecule has 1 atom stereocenters. The van der Waals surface area contributed by atoms with E-state index in [9.17, 15) is 18.0 Å². The van der Waals surface area contributed by atoms with E-state index in [1.54, 1.807) is 19.1 Å². The zero-order valence-electron chi connectivity index (χ0n) is 12.3. The molecule has 1 aromatic carbocycles. The number of hydrogen-bond acceptors (Lipinski definition) is 2. The lowest BCUT2D eigenvalue weighted by atomic mass is 10.2.